The van der Waals surface area contributed by atoms with Crippen LogP contribution in [0.4, 0.5) is 11.5 Å². The quantitative estimate of drug-likeness (QED) is 0.567. The van der Waals surface area contributed by atoms with Crippen molar-refractivity contribution in [2.45, 2.75) is 13.1 Å². The van der Waals surface area contributed by atoms with Gasteiger partial charge < -0.3 is 16.0 Å². The van der Waals surface area contributed by atoms with E-state index in [1.807, 2.05) is 72.8 Å². The van der Waals surface area contributed by atoms with Crippen molar-refractivity contribution in [2.75, 3.05) is 17.2 Å². The van der Waals surface area contributed by atoms with E-state index in [9.17, 15) is 9.59 Å². The Labute approximate surface area is 169 Å². The van der Waals surface area contributed by atoms with Gasteiger partial charge in [-0.25, -0.2) is 4.98 Å². The molecule has 0 radical (unpaired) electrons. The van der Waals surface area contributed by atoms with E-state index >= 15 is 0 Å². The van der Waals surface area contributed by atoms with Crippen LogP contribution in [0.5, 0.6) is 0 Å². The molecule has 0 fully saturated rings. The zero-order valence-electron chi connectivity index (χ0n) is 15.9. The smallest absolute Gasteiger partial charge is 0.233 e. The van der Waals surface area contributed by atoms with E-state index in [2.05, 4.69) is 20.9 Å². The second kappa shape index (κ2) is 8.56. The number of hydrogen-bond acceptors (Lipinski definition) is 5. The number of nitrogens with zero attached hydrogens (tertiary/aromatic N) is 1. The van der Waals surface area contributed by atoms with Gasteiger partial charge in [-0.2, -0.15) is 0 Å². The molecule has 6 heteroatoms. The van der Waals surface area contributed by atoms with Crippen LogP contribution in [0.25, 0.3) is 0 Å². The molecular formula is C23H22N4O2. The van der Waals surface area contributed by atoms with E-state index in [-0.39, 0.29) is 18.2 Å². The predicted molar refractivity (Wildman–Crippen MR) is 113 cm³/mol. The van der Waals surface area contributed by atoms with E-state index in [0.29, 0.717) is 30.3 Å². The van der Waals surface area contributed by atoms with E-state index in [1.54, 1.807) is 0 Å². The van der Waals surface area contributed by atoms with E-state index < -0.39 is 5.92 Å². The normalized spacial score (nSPS) is 15.2. The molecule has 6 nitrogen and oxygen atoms in total. The lowest BCUT2D eigenvalue weighted by molar-refractivity contribution is -0.123. The average molecular weight is 386 g/mol. The van der Waals surface area contributed by atoms with Crippen LogP contribution >= 0.6 is 0 Å². The highest BCUT2D eigenvalue weighted by Crippen LogP contribution is 2.25. The topological polar surface area (TPSA) is 83.1 Å². The van der Waals surface area contributed by atoms with Crippen molar-refractivity contribution < 1.29 is 9.59 Å². The van der Waals surface area contributed by atoms with Gasteiger partial charge in [0.1, 0.15) is 17.4 Å². The minimum Gasteiger partial charge on any atom is -0.382 e. The van der Waals surface area contributed by atoms with Gasteiger partial charge in [0.15, 0.2) is 5.78 Å². The van der Waals surface area contributed by atoms with Crippen molar-refractivity contribution in [3.8, 4) is 0 Å². The number of fused-ring (bicyclic) bond motifs is 1. The van der Waals surface area contributed by atoms with E-state index in [0.717, 1.165) is 11.1 Å². The minimum absolute atomic E-state index is 0.257. The molecule has 1 aromatic heterocycles. The summed E-state index contributed by atoms with van der Waals surface area (Å²) in [5, 5.41) is 9.23. The van der Waals surface area contributed by atoms with Crippen LogP contribution in [0.3, 0.4) is 0 Å². The molecule has 1 amide bonds. The monoisotopic (exact) mass is 386 g/mol. The van der Waals surface area contributed by atoms with Gasteiger partial charge in [-0.1, -0.05) is 60.7 Å². The summed E-state index contributed by atoms with van der Waals surface area (Å²) in [5.74, 6) is -0.731. The molecule has 4 rings (SSSR count). The van der Waals surface area contributed by atoms with Crippen LogP contribution < -0.4 is 16.0 Å². The molecule has 0 spiro atoms. The Morgan fingerprint density at radius 1 is 0.931 bits per heavy atom. The predicted octanol–water partition coefficient (Wildman–Crippen LogP) is 3.23. The molecule has 1 unspecified atom stereocenters. The fourth-order valence-corrected chi connectivity index (χ4v) is 3.27. The number of hydrogen-bond donors (Lipinski definition) is 3. The van der Waals surface area contributed by atoms with Crippen molar-refractivity contribution in [1.29, 1.82) is 0 Å². The molecule has 3 aromatic rings. The summed E-state index contributed by atoms with van der Waals surface area (Å²) in [4.78, 5) is 29.9. The fourth-order valence-electron chi connectivity index (χ4n) is 3.27. The van der Waals surface area contributed by atoms with Gasteiger partial charge in [-0.05, 0) is 23.3 Å². The number of ketones is 1. The lowest BCUT2D eigenvalue weighted by atomic mass is 9.95. The molecule has 1 aliphatic heterocycles. The number of benzene rings is 2. The first-order valence-corrected chi connectivity index (χ1v) is 9.59. The molecule has 3 N–H and O–H groups in total. The molecule has 2 aromatic carbocycles. The second-order valence-corrected chi connectivity index (χ2v) is 6.93. The van der Waals surface area contributed by atoms with Crippen LogP contribution in [0.2, 0.25) is 0 Å². The number of rotatable bonds is 6. The lowest BCUT2D eigenvalue weighted by Crippen LogP contribution is -2.42. The number of anilines is 2. The first-order valence-electron chi connectivity index (χ1n) is 9.59. The zero-order valence-corrected chi connectivity index (χ0v) is 15.9. The van der Waals surface area contributed by atoms with Crippen molar-refractivity contribution in [1.82, 2.24) is 10.3 Å². The first kappa shape index (κ1) is 18.7. The third kappa shape index (κ3) is 4.43. The lowest BCUT2D eigenvalue weighted by Gasteiger charge is -2.24. The SMILES string of the molecule is O=C(NCc1ccccc1)C1CNc2ccc(NCc3ccccc3)nc2C1=O. The number of amides is 1. The highest BCUT2D eigenvalue weighted by Gasteiger charge is 2.34. The van der Waals surface area contributed by atoms with Gasteiger partial charge in [0, 0.05) is 19.6 Å². The first-order chi connectivity index (χ1) is 14.2. The van der Waals surface area contributed by atoms with Crippen LogP contribution in [-0.2, 0) is 17.9 Å². The summed E-state index contributed by atoms with van der Waals surface area (Å²) >= 11 is 0. The Morgan fingerprint density at radius 3 is 2.28 bits per heavy atom. The summed E-state index contributed by atoms with van der Waals surface area (Å²) in [7, 11) is 0. The summed E-state index contributed by atoms with van der Waals surface area (Å²) in [5.41, 5.74) is 3.07. The number of nitrogens with one attached hydrogen (secondary N) is 3. The molecule has 1 atom stereocenters. The molecule has 146 valence electrons. The largest absolute Gasteiger partial charge is 0.382 e. The van der Waals surface area contributed by atoms with Crippen LogP contribution in [0.15, 0.2) is 72.8 Å². The van der Waals surface area contributed by atoms with Crippen LogP contribution in [0, 0.1) is 5.92 Å². The Hall–Kier alpha value is -3.67. The molecule has 0 saturated heterocycles. The maximum atomic E-state index is 12.9. The van der Waals surface area contributed by atoms with Crippen LogP contribution in [0.1, 0.15) is 21.6 Å². The Balaban J connectivity index is 1.42. The third-order valence-corrected chi connectivity index (χ3v) is 4.88. The summed E-state index contributed by atoms with van der Waals surface area (Å²) in [6, 6.07) is 23.2. The minimum atomic E-state index is -0.789. The van der Waals surface area contributed by atoms with Gasteiger partial charge in [0.05, 0.1) is 5.69 Å². The molecule has 2 heterocycles. The van der Waals surface area contributed by atoms with Gasteiger partial charge in [-0.3, -0.25) is 9.59 Å². The number of carbonyl (C=O) groups is 2. The van der Waals surface area contributed by atoms with Crippen molar-refractivity contribution in [3.63, 3.8) is 0 Å². The maximum absolute atomic E-state index is 12.9. The summed E-state index contributed by atoms with van der Waals surface area (Å²) < 4.78 is 0. The summed E-state index contributed by atoms with van der Waals surface area (Å²) in [6.45, 7) is 1.27. The molecule has 1 aliphatic rings. The summed E-state index contributed by atoms with van der Waals surface area (Å²) in [6.07, 6.45) is 0. The Bertz CT molecular complexity index is 1010. The zero-order chi connectivity index (χ0) is 20.1. The number of pyridine rings is 1. The number of Topliss-reactive ketones (excluding diaryl/α,β-unsaturated/α-hetero) is 1. The average Bonchev–Trinajstić information content (AvgIpc) is 2.78. The fraction of sp³-hybridized carbons (Fsp3) is 0.174. The van der Waals surface area contributed by atoms with Crippen molar-refractivity contribution >= 4 is 23.2 Å². The van der Waals surface area contributed by atoms with E-state index in [4.69, 9.17) is 0 Å². The van der Waals surface area contributed by atoms with Gasteiger partial charge in [-0.15, -0.1) is 0 Å². The maximum Gasteiger partial charge on any atom is 0.233 e. The number of aromatic nitrogens is 1. The Kier molecular flexibility index (Phi) is 5.52. The standard InChI is InChI=1S/C23H22N4O2/c28-22-18(23(29)26-14-17-9-5-2-6-10-17)15-24-19-11-12-20(27-21(19)22)25-13-16-7-3-1-4-8-16/h1-12,18,24H,13-15H2,(H,25,27)(H,26,29). The van der Waals surface area contributed by atoms with E-state index in [1.165, 1.54) is 0 Å². The highest BCUT2D eigenvalue weighted by molar-refractivity contribution is 6.13. The molecule has 0 bridgehead atoms. The van der Waals surface area contributed by atoms with Crippen molar-refractivity contribution in [3.05, 3.63) is 89.6 Å². The molecule has 0 aliphatic carbocycles. The molecular weight excluding hydrogens is 364 g/mol. The van der Waals surface area contributed by atoms with Crippen molar-refractivity contribution in [2.24, 2.45) is 5.92 Å². The van der Waals surface area contributed by atoms with Crippen LogP contribution in [-0.4, -0.2) is 23.2 Å². The van der Waals surface area contributed by atoms with Gasteiger partial charge in [0.2, 0.25) is 5.91 Å². The third-order valence-electron chi connectivity index (χ3n) is 4.88. The second-order valence-electron chi connectivity index (χ2n) is 6.93. The molecule has 0 saturated carbocycles. The van der Waals surface area contributed by atoms with Gasteiger partial charge in [0.25, 0.3) is 0 Å². The highest BCUT2D eigenvalue weighted by atomic mass is 16.2. The van der Waals surface area contributed by atoms with Gasteiger partial charge >= 0.3 is 0 Å². The Morgan fingerprint density at radius 2 is 1.59 bits per heavy atom. The molecule has 29 heavy (non-hydrogen) atoms. The number of carbonyl (C=O) groups excluding carboxylic acids is 2.